The number of hydrogen-bond donors (Lipinski definition) is 1. The number of anilines is 2. The fourth-order valence-corrected chi connectivity index (χ4v) is 7.42. The van der Waals surface area contributed by atoms with Gasteiger partial charge in [0, 0.05) is 6.54 Å². The highest BCUT2D eigenvalue weighted by molar-refractivity contribution is 7.93. The number of hydrogen-bond acceptors (Lipinski definition) is 4. The van der Waals surface area contributed by atoms with E-state index in [4.69, 9.17) is 0 Å². The molecule has 0 bridgehead atoms. The van der Waals surface area contributed by atoms with Crippen LogP contribution in [0.5, 0.6) is 0 Å². The van der Waals surface area contributed by atoms with Crippen molar-refractivity contribution in [1.29, 1.82) is 0 Å². The number of rotatable bonds is 5. The van der Waals surface area contributed by atoms with Crippen LogP contribution in [-0.4, -0.2) is 28.6 Å². The molecule has 2 aliphatic rings. The van der Waals surface area contributed by atoms with Crippen molar-refractivity contribution in [3.05, 3.63) is 53.6 Å². The molecule has 30 heavy (non-hydrogen) atoms. The SMILES string of the molecule is Cc1ccc(S(=O)(=O)N2CCCc3ccc(NS(=O)(=O)C4CCCCC4)cc32)cc1. The van der Waals surface area contributed by atoms with Gasteiger partial charge in [-0.05, 0) is 62.4 Å². The van der Waals surface area contributed by atoms with Gasteiger partial charge in [0.2, 0.25) is 10.0 Å². The third-order valence-electron chi connectivity index (χ3n) is 6.02. The number of nitrogens with zero attached hydrogens (tertiary/aromatic N) is 1. The number of sulfonamides is 2. The van der Waals surface area contributed by atoms with Crippen LogP contribution in [0.4, 0.5) is 11.4 Å². The topological polar surface area (TPSA) is 83.6 Å². The second-order valence-corrected chi connectivity index (χ2v) is 12.1. The fourth-order valence-electron chi connectivity index (χ4n) is 4.31. The first kappa shape index (κ1) is 21.2. The van der Waals surface area contributed by atoms with Crippen LogP contribution in [0.15, 0.2) is 47.4 Å². The quantitative estimate of drug-likeness (QED) is 0.743. The second kappa shape index (κ2) is 8.23. The van der Waals surface area contributed by atoms with Crippen molar-refractivity contribution in [2.24, 2.45) is 0 Å². The molecule has 0 aromatic heterocycles. The highest BCUT2D eigenvalue weighted by atomic mass is 32.2. The molecule has 8 heteroatoms. The molecular weight excluding hydrogens is 420 g/mol. The van der Waals surface area contributed by atoms with Gasteiger partial charge in [-0.1, -0.05) is 43.0 Å². The Bertz CT molecular complexity index is 1120. The van der Waals surface area contributed by atoms with E-state index in [0.717, 1.165) is 43.2 Å². The molecule has 0 spiro atoms. The maximum absolute atomic E-state index is 13.3. The van der Waals surface area contributed by atoms with E-state index >= 15 is 0 Å². The van der Waals surface area contributed by atoms with Gasteiger partial charge in [-0.3, -0.25) is 9.03 Å². The van der Waals surface area contributed by atoms with E-state index < -0.39 is 20.0 Å². The Hall–Kier alpha value is -2.06. The summed E-state index contributed by atoms with van der Waals surface area (Å²) in [5.41, 5.74) is 2.89. The summed E-state index contributed by atoms with van der Waals surface area (Å²) in [5.74, 6) is 0. The van der Waals surface area contributed by atoms with Crippen molar-refractivity contribution in [2.75, 3.05) is 15.6 Å². The van der Waals surface area contributed by atoms with E-state index in [1.54, 1.807) is 36.4 Å². The average molecular weight is 449 g/mol. The molecule has 0 saturated heterocycles. The van der Waals surface area contributed by atoms with Crippen molar-refractivity contribution in [3.63, 3.8) is 0 Å². The molecule has 162 valence electrons. The average Bonchev–Trinajstić information content (AvgIpc) is 2.74. The zero-order chi connectivity index (χ0) is 21.4. The summed E-state index contributed by atoms with van der Waals surface area (Å²) in [6.45, 7) is 2.29. The normalized spacial score (nSPS) is 18.1. The number of nitrogens with one attached hydrogen (secondary N) is 1. The van der Waals surface area contributed by atoms with Crippen LogP contribution in [0, 0.1) is 6.92 Å². The molecule has 1 fully saturated rings. The van der Waals surface area contributed by atoms with Gasteiger partial charge in [0.1, 0.15) is 0 Å². The van der Waals surface area contributed by atoms with Gasteiger partial charge in [0.15, 0.2) is 0 Å². The molecule has 2 aromatic rings. The molecule has 1 N–H and O–H groups in total. The largest absolute Gasteiger partial charge is 0.283 e. The first-order chi connectivity index (χ1) is 14.3. The highest BCUT2D eigenvalue weighted by Gasteiger charge is 2.31. The zero-order valence-electron chi connectivity index (χ0n) is 17.2. The van der Waals surface area contributed by atoms with E-state index in [1.807, 2.05) is 13.0 Å². The van der Waals surface area contributed by atoms with Gasteiger partial charge < -0.3 is 0 Å². The monoisotopic (exact) mass is 448 g/mol. The van der Waals surface area contributed by atoms with Crippen molar-refractivity contribution in [1.82, 2.24) is 0 Å². The van der Waals surface area contributed by atoms with Crippen LogP contribution in [-0.2, 0) is 26.5 Å². The number of benzene rings is 2. The molecule has 0 radical (unpaired) electrons. The van der Waals surface area contributed by atoms with E-state index in [9.17, 15) is 16.8 Å². The van der Waals surface area contributed by atoms with E-state index in [-0.39, 0.29) is 10.1 Å². The molecule has 6 nitrogen and oxygen atoms in total. The summed E-state index contributed by atoms with van der Waals surface area (Å²) in [6.07, 6.45) is 5.78. The molecule has 2 aromatic carbocycles. The highest BCUT2D eigenvalue weighted by Crippen LogP contribution is 2.35. The summed E-state index contributed by atoms with van der Waals surface area (Å²) in [5, 5.41) is -0.380. The lowest BCUT2D eigenvalue weighted by molar-refractivity contribution is 0.486. The van der Waals surface area contributed by atoms with Crippen LogP contribution in [0.1, 0.15) is 49.7 Å². The Balaban J connectivity index is 1.65. The Kier molecular flexibility index (Phi) is 5.81. The minimum atomic E-state index is -3.72. The summed E-state index contributed by atoms with van der Waals surface area (Å²) in [4.78, 5) is 0.245. The third-order valence-corrected chi connectivity index (χ3v) is 9.72. The summed E-state index contributed by atoms with van der Waals surface area (Å²) < 4.78 is 56.3. The molecule has 0 atom stereocenters. The molecule has 1 aliphatic carbocycles. The Morgan fingerprint density at radius 3 is 2.30 bits per heavy atom. The molecular formula is C22H28N2O4S2. The predicted octanol–water partition coefficient (Wildman–Crippen LogP) is 4.21. The number of fused-ring (bicyclic) bond motifs is 1. The lowest BCUT2D eigenvalue weighted by Gasteiger charge is -2.31. The lowest BCUT2D eigenvalue weighted by Crippen LogP contribution is -2.35. The fraction of sp³-hybridized carbons (Fsp3) is 0.455. The first-order valence-electron chi connectivity index (χ1n) is 10.5. The smallest absolute Gasteiger partial charge is 0.264 e. The maximum Gasteiger partial charge on any atom is 0.264 e. The molecule has 1 heterocycles. The van der Waals surface area contributed by atoms with Gasteiger partial charge in [-0.2, -0.15) is 0 Å². The van der Waals surface area contributed by atoms with Crippen LogP contribution >= 0.6 is 0 Å². The van der Waals surface area contributed by atoms with Crippen LogP contribution in [0.25, 0.3) is 0 Å². The van der Waals surface area contributed by atoms with Gasteiger partial charge in [-0.15, -0.1) is 0 Å². The minimum absolute atomic E-state index is 0.245. The van der Waals surface area contributed by atoms with E-state index in [2.05, 4.69) is 4.72 Å². The van der Waals surface area contributed by atoms with Crippen molar-refractivity contribution >= 4 is 31.4 Å². The third kappa shape index (κ3) is 4.21. The van der Waals surface area contributed by atoms with Crippen LogP contribution < -0.4 is 9.03 Å². The standard InChI is InChI=1S/C22H28N2O4S2/c1-17-9-13-21(14-10-17)30(27,28)24-15-5-6-18-11-12-19(16-22(18)24)23-29(25,26)20-7-3-2-4-8-20/h9-14,16,20,23H,2-8,15H2,1H3. The van der Waals surface area contributed by atoms with Crippen LogP contribution in [0.2, 0.25) is 0 Å². The first-order valence-corrected chi connectivity index (χ1v) is 13.5. The van der Waals surface area contributed by atoms with Crippen molar-refractivity contribution < 1.29 is 16.8 Å². The maximum atomic E-state index is 13.3. The summed E-state index contributed by atoms with van der Waals surface area (Å²) >= 11 is 0. The minimum Gasteiger partial charge on any atom is -0.283 e. The Morgan fingerprint density at radius 2 is 1.60 bits per heavy atom. The Morgan fingerprint density at radius 1 is 0.900 bits per heavy atom. The van der Waals surface area contributed by atoms with Crippen molar-refractivity contribution in [2.45, 2.75) is 62.0 Å². The molecule has 0 amide bonds. The lowest BCUT2D eigenvalue weighted by atomic mass is 10.0. The zero-order valence-corrected chi connectivity index (χ0v) is 18.8. The van der Waals surface area contributed by atoms with Crippen LogP contribution in [0.3, 0.4) is 0 Å². The Labute approximate surface area is 179 Å². The van der Waals surface area contributed by atoms with Crippen molar-refractivity contribution in [3.8, 4) is 0 Å². The second-order valence-electron chi connectivity index (χ2n) is 8.24. The van der Waals surface area contributed by atoms with E-state index in [1.165, 1.54) is 4.31 Å². The molecule has 4 rings (SSSR count). The summed E-state index contributed by atoms with van der Waals surface area (Å²) in [6, 6.07) is 12.1. The van der Waals surface area contributed by atoms with Gasteiger partial charge >= 0.3 is 0 Å². The summed E-state index contributed by atoms with van der Waals surface area (Å²) in [7, 11) is -7.21. The van der Waals surface area contributed by atoms with Gasteiger partial charge in [-0.25, -0.2) is 16.8 Å². The van der Waals surface area contributed by atoms with E-state index in [0.29, 0.717) is 30.8 Å². The number of aryl methyl sites for hydroxylation is 2. The van der Waals surface area contributed by atoms with Gasteiger partial charge in [0.25, 0.3) is 10.0 Å². The molecule has 1 aliphatic heterocycles. The molecule has 0 unspecified atom stereocenters. The predicted molar refractivity (Wildman–Crippen MR) is 120 cm³/mol. The molecule has 1 saturated carbocycles. The van der Waals surface area contributed by atoms with Gasteiger partial charge in [0.05, 0.1) is 21.5 Å².